The molecule has 7 nitrogen and oxygen atoms in total. The highest BCUT2D eigenvalue weighted by atomic mass is 19.1. The average Bonchev–Trinajstić information content (AvgIpc) is 2.78. The van der Waals surface area contributed by atoms with Crippen LogP contribution >= 0.6 is 0 Å². The highest BCUT2D eigenvalue weighted by molar-refractivity contribution is 6.09. The van der Waals surface area contributed by atoms with Crippen molar-refractivity contribution in [2.24, 2.45) is 0 Å². The Kier molecular flexibility index (Phi) is 6.31. The van der Waals surface area contributed by atoms with E-state index in [0.29, 0.717) is 19.6 Å². The van der Waals surface area contributed by atoms with E-state index in [-0.39, 0.29) is 11.7 Å². The standard InChI is InChI=1S/C18H24FN3O4/c1-12(2)26-10-6-9-20-15(23)11-22-16(24)18(3,21-17(22)25)13-7-4-5-8-14(13)19/h4-5,7-8,12H,6,9-11H2,1-3H3,(H,20,23)(H,21,25). The van der Waals surface area contributed by atoms with E-state index in [9.17, 15) is 18.8 Å². The third-order valence-electron chi connectivity index (χ3n) is 4.08. The van der Waals surface area contributed by atoms with Gasteiger partial charge < -0.3 is 15.4 Å². The summed E-state index contributed by atoms with van der Waals surface area (Å²) in [6, 6.07) is 5.01. The van der Waals surface area contributed by atoms with Gasteiger partial charge in [0.05, 0.1) is 6.10 Å². The molecule has 1 aliphatic heterocycles. The van der Waals surface area contributed by atoms with Crippen LogP contribution in [-0.4, -0.2) is 48.5 Å². The number of ether oxygens (including phenoxy) is 1. The normalized spacial score (nSPS) is 19.8. The first-order valence-electron chi connectivity index (χ1n) is 8.53. The van der Waals surface area contributed by atoms with E-state index in [1.807, 2.05) is 13.8 Å². The van der Waals surface area contributed by atoms with Crippen molar-refractivity contribution in [2.45, 2.75) is 38.8 Å². The van der Waals surface area contributed by atoms with Gasteiger partial charge in [-0.3, -0.25) is 14.5 Å². The first-order valence-corrected chi connectivity index (χ1v) is 8.53. The summed E-state index contributed by atoms with van der Waals surface area (Å²) in [4.78, 5) is 37.6. The van der Waals surface area contributed by atoms with Crippen molar-refractivity contribution in [3.05, 3.63) is 35.6 Å². The molecule has 1 unspecified atom stereocenters. The SMILES string of the molecule is CC(C)OCCCNC(=O)CN1C(=O)NC(C)(c2ccccc2F)C1=O. The molecule has 1 aromatic rings. The first-order chi connectivity index (χ1) is 12.3. The van der Waals surface area contributed by atoms with Crippen molar-refractivity contribution in [3.63, 3.8) is 0 Å². The minimum Gasteiger partial charge on any atom is -0.379 e. The number of imide groups is 1. The smallest absolute Gasteiger partial charge is 0.325 e. The minimum absolute atomic E-state index is 0.0621. The Morgan fingerprint density at radius 1 is 1.35 bits per heavy atom. The van der Waals surface area contributed by atoms with Crippen molar-refractivity contribution < 1.29 is 23.5 Å². The zero-order valence-corrected chi connectivity index (χ0v) is 15.2. The van der Waals surface area contributed by atoms with E-state index in [0.717, 1.165) is 4.90 Å². The zero-order chi connectivity index (χ0) is 19.3. The highest BCUT2D eigenvalue weighted by Crippen LogP contribution is 2.30. The number of benzene rings is 1. The van der Waals surface area contributed by atoms with Crippen molar-refractivity contribution in [2.75, 3.05) is 19.7 Å². The van der Waals surface area contributed by atoms with E-state index in [1.165, 1.54) is 25.1 Å². The number of nitrogens with zero attached hydrogens (tertiary/aromatic N) is 1. The highest BCUT2D eigenvalue weighted by Gasteiger charge is 2.50. The number of carbonyl (C=O) groups is 3. The molecule has 2 N–H and O–H groups in total. The Balaban J connectivity index is 1.95. The maximum Gasteiger partial charge on any atom is 0.325 e. The van der Waals surface area contributed by atoms with Crippen LogP contribution in [0.1, 0.15) is 32.8 Å². The molecule has 0 aliphatic carbocycles. The van der Waals surface area contributed by atoms with Crippen molar-refractivity contribution in [1.82, 2.24) is 15.5 Å². The monoisotopic (exact) mass is 365 g/mol. The van der Waals surface area contributed by atoms with Crippen LogP contribution in [-0.2, 0) is 19.9 Å². The Hall–Kier alpha value is -2.48. The van der Waals surface area contributed by atoms with Gasteiger partial charge in [-0.1, -0.05) is 18.2 Å². The topological polar surface area (TPSA) is 87.7 Å². The van der Waals surface area contributed by atoms with Gasteiger partial charge in [0.2, 0.25) is 5.91 Å². The van der Waals surface area contributed by atoms with Gasteiger partial charge in [0.1, 0.15) is 17.9 Å². The predicted octanol–water partition coefficient (Wildman–Crippen LogP) is 1.52. The number of hydrogen-bond acceptors (Lipinski definition) is 4. The van der Waals surface area contributed by atoms with Gasteiger partial charge in [0.25, 0.3) is 5.91 Å². The van der Waals surface area contributed by atoms with Gasteiger partial charge in [0.15, 0.2) is 0 Å². The van der Waals surface area contributed by atoms with Crippen LogP contribution in [0.2, 0.25) is 0 Å². The minimum atomic E-state index is -1.53. The molecule has 1 aliphatic rings. The molecule has 2 rings (SSSR count). The molecule has 0 saturated carbocycles. The predicted molar refractivity (Wildman–Crippen MR) is 92.7 cm³/mol. The van der Waals surface area contributed by atoms with Crippen LogP contribution in [0.5, 0.6) is 0 Å². The third kappa shape index (κ3) is 4.37. The fourth-order valence-corrected chi connectivity index (χ4v) is 2.71. The lowest BCUT2D eigenvalue weighted by Gasteiger charge is -2.22. The van der Waals surface area contributed by atoms with E-state index in [2.05, 4.69) is 10.6 Å². The molecule has 142 valence electrons. The molecule has 1 saturated heterocycles. The summed E-state index contributed by atoms with van der Waals surface area (Å²) in [5.74, 6) is -1.72. The van der Waals surface area contributed by atoms with Crippen LogP contribution in [0.25, 0.3) is 0 Å². The fourth-order valence-electron chi connectivity index (χ4n) is 2.71. The molecule has 0 spiro atoms. The summed E-state index contributed by atoms with van der Waals surface area (Å²) in [5.41, 5.74) is -1.47. The Bertz CT molecular complexity index is 695. The maximum atomic E-state index is 14.1. The number of halogens is 1. The molecule has 8 heteroatoms. The number of nitrogens with one attached hydrogen (secondary N) is 2. The molecule has 1 aromatic carbocycles. The molecule has 0 aromatic heterocycles. The summed E-state index contributed by atoms with van der Waals surface area (Å²) in [6.45, 7) is 5.73. The van der Waals surface area contributed by atoms with Gasteiger partial charge in [-0.2, -0.15) is 0 Å². The summed E-state index contributed by atoms with van der Waals surface area (Å²) >= 11 is 0. The zero-order valence-electron chi connectivity index (χ0n) is 15.2. The quantitative estimate of drug-likeness (QED) is 0.540. The van der Waals surface area contributed by atoms with Gasteiger partial charge in [-0.15, -0.1) is 0 Å². The molecule has 4 amide bonds. The second-order valence-corrected chi connectivity index (χ2v) is 6.55. The van der Waals surface area contributed by atoms with E-state index >= 15 is 0 Å². The average molecular weight is 365 g/mol. The maximum absolute atomic E-state index is 14.1. The second kappa shape index (κ2) is 8.27. The number of carbonyl (C=O) groups excluding carboxylic acids is 3. The lowest BCUT2D eigenvalue weighted by molar-refractivity contribution is -0.134. The molecular weight excluding hydrogens is 341 g/mol. The van der Waals surface area contributed by atoms with E-state index in [4.69, 9.17) is 4.74 Å². The molecule has 0 radical (unpaired) electrons. The molecule has 1 fully saturated rings. The first kappa shape index (κ1) is 19.8. The number of hydrogen-bond donors (Lipinski definition) is 2. The van der Waals surface area contributed by atoms with Crippen molar-refractivity contribution in [3.8, 4) is 0 Å². The summed E-state index contributed by atoms with van der Waals surface area (Å²) in [6.07, 6.45) is 0.740. The van der Waals surface area contributed by atoms with Crippen LogP contribution in [0.3, 0.4) is 0 Å². The van der Waals surface area contributed by atoms with Crippen LogP contribution in [0.15, 0.2) is 24.3 Å². The van der Waals surface area contributed by atoms with Crippen LogP contribution in [0, 0.1) is 5.82 Å². The van der Waals surface area contributed by atoms with E-state index < -0.39 is 35.7 Å². The second-order valence-electron chi connectivity index (χ2n) is 6.55. The van der Waals surface area contributed by atoms with Crippen LogP contribution < -0.4 is 10.6 Å². The lowest BCUT2D eigenvalue weighted by Crippen LogP contribution is -2.43. The molecule has 0 bridgehead atoms. The Morgan fingerprint density at radius 3 is 2.69 bits per heavy atom. The van der Waals surface area contributed by atoms with Gasteiger partial charge >= 0.3 is 6.03 Å². The summed E-state index contributed by atoms with van der Waals surface area (Å²) < 4.78 is 19.4. The number of amides is 4. The van der Waals surface area contributed by atoms with Gasteiger partial charge in [-0.25, -0.2) is 9.18 Å². The van der Waals surface area contributed by atoms with E-state index in [1.54, 1.807) is 6.07 Å². The van der Waals surface area contributed by atoms with Gasteiger partial charge in [-0.05, 0) is 33.3 Å². The van der Waals surface area contributed by atoms with Crippen molar-refractivity contribution in [1.29, 1.82) is 0 Å². The molecule has 1 heterocycles. The number of urea groups is 1. The summed E-state index contributed by atoms with van der Waals surface area (Å²) in [5, 5.41) is 5.11. The fraction of sp³-hybridized carbons (Fsp3) is 0.500. The van der Waals surface area contributed by atoms with Crippen LogP contribution in [0.4, 0.5) is 9.18 Å². The Labute approximate surface area is 151 Å². The largest absolute Gasteiger partial charge is 0.379 e. The molecule has 1 atom stereocenters. The summed E-state index contributed by atoms with van der Waals surface area (Å²) in [7, 11) is 0. The number of rotatable bonds is 8. The van der Waals surface area contributed by atoms with Gasteiger partial charge in [0, 0.05) is 18.7 Å². The molecular formula is C18H24FN3O4. The molecule has 26 heavy (non-hydrogen) atoms. The third-order valence-corrected chi connectivity index (χ3v) is 4.08. The van der Waals surface area contributed by atoms with Crippen molar-refractivity contribution >= 4 is 17.8 Å². The lowest BCUT2D eigenvalue weighted by atomic mass is 9.91. The Morgan fingerprint density at radius 2 is 2.04 bits per heavy atom.